The molecule has 0 N–H and O–H groups in total. The van der Waals surface area contributed by atoms with Crippen LogP contribution in [-0.4, -0.2) is 5.78 Å². The molecule has 2 aromatic rings. The molecule has 0 heterocycles. The molecule has 0 aliphatic rings. The molecular formula is C16H13F3O. The normalized spacial score (nSPS) is 10.7. The van der Waals surface area contributed by atoms with Gasteiger partial charge >= 0.3 is 0 Å². The summed E-state index contributed by atoms with van der Waals surface area (Å²) in [6.07, 6.45) is 0. The van der Waals surface area contributed by atoms with Crippen molar-refractivity contribution in [1.29, 1.82) is 0 Å². The van der Waals surface area contributed by atoms with E-state index < -0.39 is 28.8 Å². The number of carbonyl (C=O) groups excluding carboxylic acids is 1. The van der Waals surface area contributed by atoms with Gasteiger partial charge in [-0.25, -0.2) is 13.2 Å². The second-order valence-electron chi connectivity index (χ2n) is 4.85. The van der Waals surface area contributed by atoms with Gasteiger partial charge in [0.2, 0.25) is 0 Å². The van der Waals surface area contributed by atoms with Gasteiger partial charge in [-0.1, -0.05) is 17.7 Å². The van der Waals surface area contributed by atoms with Crippen LogP contribution in [0.1, 0.15) is 32.6 Å². The fraction of sp³-hybridized carbons (Fsp3) is 0.188. The number of ketones is 1. The molecule has 0 saturated carbocycles. The third-order valence-corrected chi connectivity index (χ3v) is 3.16. The molecule has 0 saturated heterocycles. The summed E-state index contributed by atoms with van der Waals surface area (Å²) in [4.78, 5) is 12.4. The summed E-state index contributed by atoms with van der Waals surface area (Å²) in [5.74, 6) is -4.25. The van der Waals surface area contributed by atoms with Crippen molar-refractivity contribution in [2.45, 2.75) is 20.8 Å². The van der Waals surface area contributed by atoms with Crippen LogP contribution in [0.15, 0.2) is 24.3 Å². The maximum absolute atomic E-state index is 13.7. The van der Waals surface area contributed by atoms with Crippen LogP contribution in [0.5, 0.6) is 0 Å². The van der Waals surface area contributed by atoms with Gasteiger partial charge in [0, 0.05) is 11.6 Å². The van der Waals surface area contributed by atoms with Crippen molar-refractivity contribution in [1.82, 2.24) is 0 Å². The van der Waals surface area contributed by atoms with E-state index in [9.17, 15) is 18.0 Å². The van der Waals surface area contributed by atoms with Crippen molar-refractivity contribution in [3.63, 3.8) is 0 Å². The minimum atomic E-state index is -1.31. The summed E-state index contributed by atoms with van der Waals surface area (Å²) in [6.45, 7) is 5.34. The molecule has 2 aromatic carbocycles. The molecule has 0 radical (unpaired) electrons. The van der Waals surface area contributed by atoms with Crippen LogP contribution in [0.25, 0.3) is 0 Å². The highest BCUT2D eigenvalue weighted by Crippen LogP contribution is 2.23. The van der Waals surface area contributed by atoms with Crippen LogP contribution < -0.4 is 0 Å². The van der Waals surface area contributed by atoms with E-state index in [1.54, 1.807) is 26.0 Å². The number of benzene rings is 2. The van der Waals surface area contributed by atoms with E-state index in [-0.39, 0.29) is 0 Å². The maximum atomic E-state index is 13.7. The Kier molecular flexibility index (Phi) is 3.66. The van der Waals surface area contributed by atoms with Crippen molar-refractivity contribution in [2.24, 2.45) is 0 Å². The van der Waals surface area contributed by atoms with Crippen molar-refractivity contribution in [3.8, 4) is 0 Å². The van der Waals surface area contributed by atoms with Gasteiger partial charge in [-0.05, 0) is 38.0 Å². The third-order valence-electron chi connectivity index (χ3n) is 3.16. The van der Waals surface area contributed by atoms with Gasteiger partial charge in [-0.3, -0.25) is 4.79 Å². The van der Waals surface area contributed by atoms with Crippen molar-refractivity contribution < 1.29 is 18.0 Å². The molecule has 0 unspecified atom stereocenters. The molecule has 1 nitrogen and oxygen atoms in total. The first-order chi connectivity index (χ1) is 9.31. The summed E-state index contributed by atoms with van der Waals surface area (Å²) in [7, 11) is 0. The fourth-order valence-corrected chi connectivity index (χ4v) is 2.37. The first-order valence-corrected chi connectivity index (χ1v) is 6.08. The zero-order valence-corrected chi connectivity index (χ0v) is 11.4. The Labute approximate surface area is 115 Å². The highest BCUT2D eigenvalue weighted by Gasteiger charge is 2.20. The molecule has 0 aliphatic carbocycles. The minimum absolute atomic E-state index is 0.320. The van der Waals surface area contributed by atoms with Gasteiger partial charge < -0.3 is 0 Å². The van der Waals surface area contributed by atoms with Crippen LogP contribution in [-0.2, 0) is 0 Å². The maximum Gasteiger partial charge on any atom is 0.196 e. The molecule has 0 aromatic heterocycles. The van der Waals surface area contributed by atoms with E-state index in [1.165, 1.54) is 0 Å². The van der Waals surface area contributed by atoms with Gasteiger partial charge in [0.05, 0.1) is 5.56 Å². The van der Waals surface area contributed by atoms with E-state index in [0.29, 0.717) is 28.8 Å². The Morgan fingerprint density at radius 1 is 0.800 bits per heavy atom. The number of hydrogen-bond acceptors (Lipinski definition) is 1. The lowest BCUT2D eigenvalue weighted by Crippen LogP contribution is -2.10. The van der Waals surface area contributed by atoms with E-state index in [1.807, 2.05) is 6.92 Å². The standard InChI is InChI=1S/C16H13F3O/c1-8-4-9(2)15(10(3)5-8)16(20)11-6-13(18)14(19)7-12(11)17/h4-7H,1-3H3. The van der Waals surface area contributed by atoms with Crippen LogP contribution in [0.3, 0.4) is 0 Å². The van der Waals surface area contributed by atoms with E-state index in [4.69, 9.17) is 0 Å². The predicted octanol–water partition coefficient (Wildman–Crippen LogP) is 4.26. The monoisotopic (exact) mass is 278 g/mol. The zero-order valence-electron chi connectivity index (χ0n) is 11.4. The lowest BCUT2D eigenvalue weighted by atomic mass is 9.93. The van der Waals surface area contributed by atoms with Crippen LogP contribution >= 0.6 is 0 Å². The molecule has 0 fully saturated rings. The smallest absolute Gasteiger partial charge is 0.196 e. The summed E-state index contributed by atoms with van der Waals surface area (Å²) >= 11 is 0. The molecule has 0 bridgehead atoms. The number of aryl methyl sites for hydroxylation is 3. The summed E-state index contributed by atoms with van der Waals surface area (Å²) in [5.41, 5.74) is 2.19. The Hall–Kier alpha value is -2.10. The van der Waals surface area contributed by atoms with Gasteiger partial charge in [0.15, 0.2) is 17.4 Å². The summed E-state index contributed by atoms with van der Waals surface area (Å²) in [6, 6.07) is 4.57. The molecule has 2 rings (SSSR count). The first-order valence-electron chi connectivity index (χ1n) is 6.08. The molecule has 0 aliphatic heterocycles. The third kappa shape index (κ3) is 2.46. The number of halogens is 3. The predicted molar refractivity (Wildman–Crippen MR) is 70.4 cm³/mol. The van der Waals surface area contributed by atoms with E-state index >= 15 is 0 Å². The molecule has 20 heavy (non-hydrogen) atoms. The van der Waals surface area contributed by atoms with Crippen molar-refractivity contribution in [3.05, 3.63) is 69.5 Å². The lowest BCUT2D eigenvalue weighted by molar-refractivity contribution is 0.103. The number of carbonyl (C=O) groups is 1. The average Bonchev–Trinajstić information content (AvgIpc) is 2.32. The van der Waals surface area contributed by atoms with Crippen molar-refractivity contribution in [2.75, 3.05) is 0 Å². The Balaban J connectivity index is 2.61. The van der Waals surface area contributed by atoms with Crippen LogP contribution in [0.4, 0.5) is 13.2 Å². The largest absolute Gasteiger partial charge is 0.288 e. The number of hydrogen-bond donors (Lipinski definition) is 0. The van der Waals surface area contributed by atoms with Crippen LogP contribution in [0.2, 0.25) is 0 Å². The first kappa shape index (κ1) is 14.3. The van der Waals surface area contributed by atoms with Gasteiger partial charge in [0.25, 0.3) is 0 Å². The second kappa shape index (κ2) is 5.12. The lowest BCUT2D eigenvalue weighted by Gasteiger charge is -2.11. The van der Waals surface area contributed by atoms with Crippen LogP contribution in [0, 0.1) is 38.2 Å². The van der Waals surface area contributed by atoms with E-state index in [2.05, 4.69) is 0 Å². The molecule has 4 heteroatoms. The summed E-state index contributed by atoms with van der Waals surface area (Å²) < 4.78 is 39.8. The Morgan fingerprint density at radius 3 is 1.85 bits per heavy atom. The molecule has 0 spiro atoms. The molecular weight excluding hydrogens is 265 g/mol. The summed E-state index contributed by atoms with van der Waals surface area (Å²) in [5, 5.41) is 0. The Morgan fingerprint density at radius 2 is 1.30 bits per heavy atom. The van der Waals surface area contributed by atoms with E-state index in [0.717, 1.165) is 5.56 Å². The minimum Gasteiger partial charge on any atom is -0.288 e. The topological polar surface area (TPSA) is 17.1 Å². The molecule has 0 amide bonds. The highest BCUT2D eigenvalue weighted by molar-refractivity contribution is 6.11. The number of rotatable bonds is 2. The van der Waals surface area contributed by atoms with Gasteiger partial charge in [-0.2, -0.15) is 0 Å². The van der Waals surface area contributed by atoms with Gasteiger partial charge in [-0.15, -0.1) is 0 Å². The molecule has 0 atom stereocenters. The van der Waals surface area contributed by atoms with Gasteiger partial charge in [0.1, 0.15) is 5.82 Å². The second-order valence-corrected chi connectivity index (χ2v) is 4.85. The SMILES string of the molecule is Cc1cc(C)c(C(=O)c2cc(F)c(F)cc2F)c(C)c1. The average molecular weight is 278 g/mol. The quantitative estimate of drug-likeness (QED) is 0.592. The highest BCUT2D eigenvalue weighted by atomic mass is 19.2. The Bertz CT molecular complexity index is 682. The van der Waals surface area contributed by atoms with Crippen molar-refractivity contribution >= 4 is 5.78 Å². The zero-order chi connectivity index (χ0) is 15.0. The molecule has 104 valence electrons. The fourth-order valence-electron chi connectivity index (χ4n) is 2.37.